The first-order valence-electron chi connectivity index (χ1n) is 9.11. The highest BCUT2D eigenvalue weighted by molar-refractivity contribution is 14.0. The average molecular weight is 460 g/mol. The topological polar surface area (TPSA) is 55.8 Å². The molecule has 1 saturated heterocycles. The fourth-order valence-corrected chi connectivity index (χ4v) is 2.83. The molecule has 0 spiro atoms. The second-order valence-corrected chi connectivity index (χ2v) is 6.30. The molecule has 0 unspecified atom stereocenters. The van der Waals surface area contributed by atoms with Crippen LogP contribution < -0.4 is 10.6 Å². The molecule has 0 saturated carbocycles. The fourth-order valence-electron chi connectivity index (χ4n) is 2.83. The molecule has 2 rings (SSSR count). The molecule has 0 atom stereocenters. The molecule has 0 aromatic carbocycles. The molecule has 0 aliphatic carbocycles. The predicted molar refractivity (Wildman–Crippen MR) is 116 cm³/mol. The summed E-state index contributed by atoms with van der Waals surface area (Å²) in [6.45, 7) is 10.5. The fraction of sp³-hybridized carbons (Fsp3) is 0.667. The molecule has 2 N–H and O–H groups in total. The van der Waals surface area contributed by atoms with Crippen molar-refractivity contribution in [3.05, 3.63) is 30.1 Å². The van der Waals surface area contributed by atoms with Gasteiger partial charge in [0, 0.05) is 32.4 Å². The molecule has 0 amide bonds. The number of aliphatic imine (C=N–C) groups is 1. The van der Waals surface area contributed by atoms with E-state index in [1.807, 2.05) is 24.4 Å². The van der Waals surface area contributed by atoms with Crippen molar-refractivity contribution in [1.82, 2.24) is 25.4 Å². The second kappa shape index (κ2) is 13.3. The second-order valence-electron chi connectivity index (χ2n) is 6.30. The number of aromatic nitrogens is 1. The maximum atomic E-state index is 4.60. The summed E-state index contributed by atoms with van der Waals surface area (Å²) in [4.78, 5) is 13.9. The summed E-state index contributed by atoms with van der Waals surface area (Å²) in [6.07, 6.45) is 4.22. The lowest BCUT2D eigenvalue weighted by atomic mass is 10.3. The number of likely N-dealkylation sites (N-methyl/N-ethyl adjacent to an activating group) is 1. The van der Waals surface area contributed by atoms with E-state index in [0.717, 1.165) is 37.7 Å². The zero-order chi connectivity index (χ0) is 17.0. The first-order valence-corrected chi connectivity index (χ1v) is 9.11. The first-order chi connectivity index (χ1) is 11.8. The number of rotatable bonds is 7. The molecule has 0 radical (unpaired) electrons. The Morgan fingerprint density at radius 3 is 2.84 bits per heavy atom. The Bertz CT molecular complexity index is 482. The minimum Gasteiger partial charge on any atom is -0.357 e. The Kier molecular flexibility index (Phi) is 11.8. The van der Waals surface area contributed by atoms with Crippen LogP contribution >= 0.6 is 24.0 Å². The molecular weight excluding hydrogens is 427 g/mol. The van der Waals surface area contributed by atoms with E-state index in [-0.39, 0.29) is 24.0 Å². The molecule has 6 nitrogen and oxygen atoms in total. The van der Waals surface area contributed by atoms with Gasteiger partial charge in [0.25, 0.3) is 0 Å². The van der Waals surface area contributed by atoms with Crippen LogP contribution in [-0.2, 0) is 6.54 Å². The van der Waals surface area contributed by atoms with Gasteiger partial charge < -0.3 is 20.4 Å². The third kappa shape index (κ3) is 9.37. The van der Waals surface area contributed by atoms with Crippen molar-refractivity contribution in [3.8, 4) is 0 Å². The van der Waals surface area contributed by atoms with E-state index in [1.54, 1.807) is 0 Å². The van der Waals surface area contributed by atoms with Gasteiger partial charge in [-0.05, 0) is 58.6 Å². The van der Waals surface area contributed by atoms with E-state index in [4.69, 9.17) is 0 Å². The highest BCUT2D eigenvalue weighted by Crippen LogP contribution is 2.01. The monoisotopic (exact) mass is 460 g/mol. The van der Waals surface area contributed by atoms with Crippen LogP contribution in [0.2, 0.25) is 0 Å². The summed E-state index contributed by atoms with van der Waals surface area (Å²) >= 11 is 0. The highest BCUT2D eigenvalue weighted by Gasteiger charge is 2.11. The van der Waals surface area contributed by atoms with Gasteiger partial charge in [-0.25, -0.2) is 4.99 Å². The molecule has 2 heterocycles. The molecule has 1 aromatic rings. The zero-order valence-electron chi connectivity index (χ0n) is 15.6. The van der Waals surface area contributed by atoms with Crippen LogP contribution in [0.3, 0.4) is 0 Å². The van der Waals surface area contributed by atoms with E-state index in [1.165, 1.54) is 32.6 Å². The van der Waals surface area contributed by atoms with Crippen molar-refractivity contribution in [3.63, 3.8) is 0 Å². The number of halogens is 1. The maximum absolute atomic E-state index is 4.60. The predicted octanol–water partition coefficient (Wildman–Crippen LogP) is 1.78. The van der Waals surface area contributed by atoms with Crippen molar-refractivity contribution in [1.29, 1.82) is 0 Å². The van der Waals surface area contributed by atoms with Gasteiger partial charge in [-0.3, -0.25) is 4.98 Å². The van der Waals surface area contributed by atoms with Gasteiger partial charge in [-0.2, -0.15) is 0 Å². The van der Waals surface area contributed by atoms with Crippen LogP contribution in [0.1, 0.15) is 25.5 Å². The molecular formula is C18H33IN6. The Labute approximate surface area is 169 Å². The summed E-state index contributed by atoms with van der Waals surface area (Å²) in [6, 6.07) is 5.93. The molecule has 1 aliphatic heterocycles. The van der Waals surface area contributed by atoms with E-state index in [9.17, 15) is 0 Å². The molecule has 142 valence electrons. The van der Waals surface area contributed by atoms with Gasteiger partial charge in [-0.1, -0.05) is 6.07 Å². The molecule has 0 bridgehead atoms. The van der Waals surface area contributed by atoms with Crippen LogP contribution in [-0.4, -0.2) is 73.6 Å². The van der Waals surface area contributed by atoms with Crippen LogP contribution in [0.25, 0.3) is 0 Å². The smallest absolute Gasteiger partial charge is 0.191 e. The van der Waals surface area contributed by atoms with Crippen molar-refractivity contribution in [2.45, 2.75) is 26.3 Å². The van der Waals surface area contributed by atoms with Crippen molar-refractivity contribution < 1.29 is 0 Å². The lowest BCUT2D eigenvalue weighted by Crippen LogP contribution is -2.39. The Balaban J connectivity index is 0.00000312. The third-order valence-electron chi connectivity index (χ3n) is 4.23. The zero-order valence-corrected chi connectivity index (χ0v) is 17.9. The maximum Gasteiger partial charge on any atom is 0.191 e. The highest BCUT2D eigenvalue weighted by atomic mass is 127. The third-order valence-corrected chi connectivity index (χ3v) is 4.23. The molecule has 1 aromatic heterocycles. The molecule has 7 heteroatoms. The van der Waals surface area contributed by atoms with Gasteiger partial charge in [0.15, 0.2) is 5.96 Å². The van der Waals surface area contributed by atoms with Crippen molar-refractivity contribution in [2.24, 2.45) is 4.99 Å². The summed E-state index contributed by atoms with van der Waals surface area (Å²) in [5, 5.41) is 6.73. The molecule has 1 fully saturated rings. The number of hydrogen-bond acceptors (Lipinski definition) is 4. The SMILES string of the molecule is CCNC(=NCc1ccccn1)NCCCN1CCCN(C)CC1.I. The van der Waals surface area contributed by atoms with Crippen molar-refractivity contribution >= 4 is 29.9 Å². The minimum absolute atomic E-state index is 0. The van der Waals surface area contributed by atoms with Gasteiger partial charge >= 0.3 is 0 Å². The summed E-state index contributed by atoms with van der Waals surface area (Å²) in [7, 11) is 2.21. The van der Waals surface area contributed by atoms with Gasteiger partial charge in [0.2, 0.25) is 0 Å². The Morgan fingerprint density at radius 1 is 1.20 bits per heavy atom. The molecule has 25 heavy (non-hydrogen) atoms. The summed E-state index contributed by atoms with van der Waals surface area (Å²) < 4.78 is 0. The largest absolute Gasteiger partial charge is 0.357 e. The van der Waals surface area contributed by atoms with Crippen LogP contribution in [0.15, 0.2) is 29.4 Å². The van der Waals surface area contributed by atoms with Crippen LogP contribution in [0.4, 0.5) is 0 Å². The quantitative estimate of drug-likeness (QED) is 0.281. The summed E-state index contributed by atoms with van der Waals surface area (Å²) in [5.74, 6) is 0.874. The lowest BCUT2D eigenvalue weighted by Gasteiger charge is -2.20. The summed E-state index contributed by atoms with van der Waals surface area (Å²) in [5.41, 5.74) is 0.989. The molecule has 1 aliphatic rings. The first kappa shape index (κ1) is 22.1. The van der Waals surface area contributed by atoms with E-state index >= 15 is 0 Å². The minimum atomic E-state index is 0. The van der Waals surface area contributed by atoms with Crippen molar-refractivity contribution in [2.75, 3.05) is 52.9 Å². The number of hydrogen-bond donors (Lipinski definition) is 2. The van der Waals surface area contributed by atoms with E-state index < -0.39 is 0 Å². The number of guanidine groups is 1. The van der Waals surface area contributed by atoms with Gasteiger partial charge in [-0.15, -0.1) is 24.0 Å². The standard InChI is InChI=1S/C18H32N6.HI/c1-3-19-18(22-16-17-8-4-5-9-20-17)21-10-6-12-24-13-7-11-23(2)14-15-24;/h4-5,8-9H,3,6-7,10-16H2,1-2H3,(H2,19,21,22);1H. The van der Waals surface area contributed by atoms with Crippen LogP contribution in [0.5, 0.6) is 0 Å². The normalized spacial score (nSPS) is 16.8. The Hall–Kier alpha value is -0.930. The van der Waals surface area contributed by atoms with Crippen LogP contribution in [0, 0.1) is 0 Å². The number of pyridine rings is 1. The van der Waals surface area contributed by atoms with Gasteiger partial charge in [0.05, 0.1) is 12.2 Å². The average Bonchev–Trinajstić information content (AvgIpc) is 2.81. The number of nitrogens with zero attached hydrogens (tertiary/aromatic N) is 4. The van der Waals surface area contributed by atoms with E-state index in [0.29, 0.717) is 6.54 Å². The van der Waals surface area contributed by atoms with E-state index in [2.05, 4.69) is 44.4 Å². The Morgan fingerprint density at radius 2 is 2.08 bits per heavy atom. The van der Waals surface area contributed by atoms with Gasteiger partial charge in [0.1, 0.15) is 0 Å². The lowest BCUT2D eigenvalue weighted by molar-refractivity contribution is 0.274. The number of nitrogens with one attached hydrogen (secondary N) is 2.